The Kier molecular flexibility index (Phi) is 4.63. The number of nitrogens with zero attached hydrogens (tertiary/aromatic N) is 2. The summed E-state index contributed by atoms with van der Waals surface area (Å²) in [7, 11) is 0. The lowest BCUT2D eigenvalue weighted by Gasteiger charge is -2.24. The van der Waals surface area contributed by atoms with Crippen molar-refractivity contribution in [3.8, 4) is 12.1 Å². The normalized spacial score (nSPS) is 18.9. The van der Waals surface area contributed by atoms with Crippen LogP contribution in [0.3, 0.4) is 0 Å². The summed E-state index contributed by atoms with van der Waals surface area (Å²) in [6.45, 7) is 4.03. The average Bonchev–Trinajstić information content (AvgIpc) is 2.87. The summed E-state index contributed by atoms with van der Waals surface area (Å²) in [4.78, 5) is 11.7. The van der Waals surface area contributed by atoms with Crippen molar-refractivity contribution in [2.24, 2.45) is 11.3 Å². The Morgan fingerprint density at radius 3 is 2.50 bits per heavy atom. The van der Waals surface area contributed by atoms with Crippen molar-refractivity contribution >= 4 is 11.5 Å². The molecular weight excluding hydrogens is 276 g/mol. The molecule has 22 heavy (non-hydrogen) atoms. The molecule has 0 radical (unpaired) electrons. The number of carbonyl (C=O) groups is 1. The molecule has 0 heterocycles. The van der Waals surface area contributed by atoms with Crippen LogP contribution in [-0.4, -0.2) is 12.6 Å². The van der Waals surface area contributed by atoms with E-state index >= 15 is 0 Å². The van der Waals surface area contributed by atoms with Gasteiger partial charge in [0.1, 0.15) is 0 Å². The van der Waals surface area contributed by atoms with E-state index < -0.39 is 5.41 Å². The van der Waals surface area contributed by atoms with Crippen molar-refractivity contribution in [2.75, 3.05) is 6.61 Å². The largest absolute Gasteiger partial charge is 0.466 e. The zero-order valence-electron chi connectivity index (χ0n) is 12.8. The van der Waals surface area contributed by atoms with E-state index in [1.54, 1.807) is 6.92 Å². The number of rotatable bonds is 4. The number of allylic oxidation sites excluding steroid dienone is 2. The highest BCUT2D eigenvalue weighted by atomic mass is 16.5. The highest BCUT2D eigenvalue weighted by molar-refractivity contribution is 5.80. The maximum Gasteiger partial charge on any atom is 0.306 e. The third-order valence-corrected chi connectivity index (χ3v) is 4.08. The second-order valence-electron chi connectivity index (χ2n) is 5.46. The predicted octanol–water partition coefficient (Wildman–Crippen LogP) is 3.39. The Morgan fingerprint density at radius 2 is 1.95 bits per heavy atom. The molecule has 1 aliphatic rings. The zero-order chi connectivity index (χ0) is 16.2. The van der Waals surface area contributed by atoms with E-state index in [-0.39, 0.29) is 18.3 Å². The first-order valence-electron chi connectivity index (χ1n) is 7.33. The minimum Gasteiger partial charge on any atom is -0.466 e. The molecule has 0 aromatic heterocycles. The molecule has 0 amide bonds. The minimum absolute atomic E-state index is 0.0841. The maximum absolute atomic E-state index is 11.7. The zero-order valence-corrected chi connectivity index (χ0v) is 12.8. The molecule has 112 valence electrons. The molecule has 0 aliphatic heterocycles. The highest BCUT2D eigenvalue weighted by Crippen LogP contribution is 2.49. The predicted molar refractivity (Wildman–Crippen MR) is 82.2 cm³/mol. The molecule has 1 atom stereocenters. The summed E-state index contributed by atoms with van der Waals surface area (Å²) in [5.41, 5.74) is 1.39. The summed E-state index contributed by atoms with van der Waals surface area (Å²) in [6.07, 6.45) is 2.52. The smallest absolute Gasteiger partial charge is 0.306 e. The molecule has 0 saturated heterocycles. The first-order chi connectivity index (χ1) is 10.6. The summed E-state index contributed by atoms with van der Waals surface area (Å²) < 4.78 is 4.96. The van der Waals surface area contributed by atoms with Crippen LogP contribution < -0.4 is 0 Å². The molecule has 0 spiro atoms. The van der Waals surface area contributed by atoms with Crippen LogP contribution in [0.4, 0.5) is 0 Å². The lowest BCUT2D eigenvalue weighted by atomic mass is 9.72. The summed E-state index contributed by atoms with van der Waals surface area (Å²) in [5, 5.41) is 19.3. The van der Waals surface area contributed by atoms with Crippen LogP contribution in [0.15, 0.2) is 30.3 Å². The van der Waals surface area contributed by atoms with Crippen LogP contribution in [0, 0.1) is 40.9 Å². The number of nitriles is 2. The first kappa shape index (κ1) is 15.8. The van der Waals surface area contributed by atoms with Crippen LogP contribution in [0.5, 0.6) is 0 Å². The maximum atomic E-state index is 11.7. The van der Waals surface area contributed by atoms with Crippen molar-refractivity contribution in [3.05, 3.63) is 41.5 Å². The Hall–Kier alpha value is -2.59. The quantitative estimate of drug-likeness (QED) is 0.798. The van der Waals surface area contributed by atoms with Crippen LogP contribution in [0.2, 0.25) is 0 Å². The molecule has 0 fully saturated rings. The van der Waals surface area contributed by atoms with Crippen LogP contribution in [0.1, 0.15) is 30.9 Å². The third-order valence-electron chi connectivity index (χ3n) is 4.08. The molecular formula is C18H18N2O2. The van der Waals surface area contributed by atoms with Gasteiger partial charge in [-0.2, -0.15) is 10.5 Å². The number of carbonyl (C=O) groups excluding carboxylic acids is 1. The average molecular weight is 294 g/mol. The highest BCUT2D eigenvalue weighted by Gasteiger charge is 2.48. The van der Waals surface area contributed by atoms with Crippen molar-refractivity contribution in [1.29, 1.82) is 10.5 Å². The van der Waals surface area contributed by atoms with E-state index in [2.05, 4.69) is 12.1 Å². The fourth-order valence-corrected chi connectivity index (χ4v) is 2.88. The van der Waals surface area contributed by atoms with Crippen molar-refractivity contribution in [2.45, 2.75) is 26.7 Å². The molecule has 4 nitrogen and oxygen atoms in total. The van der Waals surface area contributed by atoms with E-state index in [1.165, 1.54) is 0 Å². The van der Waals surface area contributed by atoms with E-state index in [4.69, 9.17) is 4.74 Å². The Bertz CT molecular complexity index is 661. The van der Waals surface area contributed by atoms with Gasteiger partial charge in [0.15, 0.2) is 5.41 Å². The molecule has 0 N–H and O–H groups in total. The summed E-state index contributed by atoms with van der Waals surface area (Å²) in [5.74, 6) is -0.723. The van der Waals surface area contributed by atoms with Crippen molar-refractivity contribution in [1.82, 2.24) is 0 Å². The summed E-state index contributed by atoms with van der Waals surface area (Å²) in [6, 6.07) is 12.0. The van der Waals surface area contributed by atoms with Gasteiger partial charge in [0.25, 0.3) is 0 Å². The van der Waals surface area contributed by atoms with Gasteiger partial charge in [0.05, 0.1) is 25.2 Å². The number of benzene rings is 1. The summed E-state index contributed by atoms with van der Waals surface area (Å²) >= 11 is 0. The van der Waals surface area contributed by atoms with Gasteiger partial charge in [-0.05, 0) is 31.4 Å². The van der Waals surface area contributed by atoms with Gasteiger partial charge < -0.3 is 4.74 Å². The monoisotopic (exact) mass is 294 g/mol. The number of esters is 1. The molecule has 4 heteroatoms. The van der Waals surface area contributed by atoms with Gasteiger partial charge in [0.2, 0.25) is 0 Å². The van der Waals surface area contributed by atoms with E-state index in [0.29, 0.717) is 18.6 Å². The van der Waals surface area contributed by atoms with Crippen LogP contribution >= 0.6 is 0 Å². The standard InChI is InChI=1S/C18H18N2O2/c1-3-22-17(21)10-15-8-9-16(18(15,11-19)12-20)14-6-4-13(2)5-7-14/h4-7,9,15H,3,8,10H2,1-2H3. The molecule has 0 bridgehead atoms. The van der Waals surface area contributed by atoms with Crippen LogP contribution in [-0.2, 0) is 9.53 Å². The van der Waals surface area contributed by atoms with E-state index in [0.717, 1.165) is 11.1 Å². The molecule has 1 aromatic carbocycles. The van der Waals surface area contributed by atoms with E-state index in [1.807, 2.05) is 37.3 Å². The van der Waals surface area contributed by atoms with Gasteiger partial charge in [-0.3, -0.25) is 4.79 Å². The van der Waals surface area contributed by atoms with Gasteiger partial charge in [-0.1, -0.05) is 35.9 Å². The Morgan fingerprint density at radius 1 is 1.32 bits per heavy atom. The molecule has 1 unspecified atom stereocenters. The number of aryl methyl sites for hydroxylation is 1. The fraction of sp³-hybridized carbons (Fsp3) is 0.389. The topological polar surface area (TPSA) is 73.9 Å². The van der Waals surface area contributed by atoms with Gasteiger partial charge in [-0.15, -0.1) is 0 Å². The second-order valence-corrected chi connectivity index (χ2v) is 5.46. The van der Waals surface area contributed by atoms with Crippen molar-refractivity contribution in [3.63, 3.8) is 0 Å². The fourth-order valence-electron chi connectivity index (χ4n) is 2.88. The second kappa shape index (κ2) is 6.45. The Balaban J connectivity index is 2.33. The molecule has 1 aliphatic carbocycles. The first-order valence-corrected chi connectivity index (χ1v) is 7.33. The number of ether oxygens (including phenoxy) is 1. The lowest BCUT2D eigenvalue weighted by molar-refractivity contribution is -0.144. The number of hydrogen-bond acceptors (Lipinski definition) is 4. The van der Waals surface area contributed by atoms with Crippen LogP contribution in [0.25, 0.3) is 5.57 Å². The Labute approximate surface area is 130 Å². The van der Waals surface area contributed by atoms with Gasteiger partial charge in [-0.25, -0.2) is 0 Å². The molecule has 0 saturated carbocycles. The SMILES string of the molecule is CCOC(=O)CC1CC=C(c2ccc(C)cc2)C1(C#N)C#N. The van der Waals surface area contributed by atoms with Gasteiger partial charge >= 0.3 is 5.97 Å². The van der Waals surface area contributed by atoms with Gasteiger partial charge in [0, 0.05) is 5.92 Å². The number of hydrogen-bond donors (Lipinski definition) is 0. The molecule has 1 aromatic rings. The van der Waals surface area contributed by atoms with E-state index in [9.17, 15) is 15.3 Å². The third kappa shape index (κ3) is 2.73. The minimum atomic E-state index is -1.29. The van der Waals surface area contributed by atoms with Crippen molar-refractivity contribution < 1.29 is 9.53 Å². The molecule has 2 rings (SSSR count). The lowest BCUT2D eigenvalue weighted by Crippen LogP contribution is -2.27.